The Morgan fingerprint density at radius 1 is 1.33 bits per heavy atom. The Balaban J connectivity index is 2.53. The highest BCUT2D eigenvalue weighted by Gasteiger charge is 2.10. The minimum absolute atomic E-state index is 0.553. The van der Waals surface area contributed by atoms with Crippen molar-refractivity contribution >= 4 is 0 Å². The molecule has 0 atom stereocenters. The van der Waals surface area contributed by atoms with E-state index >= 15 is 0 Å². The molecule has 1 heterocycles. The molecule has 1 aromatic carbocycles. The number of nitrogens with zero attached hydrogens (tertiary/aromatic N) is 1. The van der Waals surface area contributed by atoms with Crippen LogP contribution in [0.2, 0.25) is 0 Å². The minimum Gasteiger partial charge on any atom is -0.361 e. The maximum atomic E-state index is 5.61. The van der Waals surface area contributed by atoms with E-state index in [1.807, 2.05) is 32.0 Å². The third-order valence-electron chi connectivity index (χ3n) is 2.48. The van der Waals surface area contributed by atoms with Crippen LogP contribution in [0.5, 0.6) is 0 Å². The highest BCUT2D eigenvalue weighted by atomic mass is 16.5. The third kappa shape index (κ3) is 1.78. The van der Waals surface area contributed by atoms with Crippen molar-refractivity contribution in [3.05, 3.63) is 41.3 Å². The van der Waals surface area contributed by atoms with E-state index < -0.39 is 0 Å². The number of nitrogens with two attached hydrogens (primary N) is 1. The lowest BCUT2D eigenvalue weighted by atomic mass is 10.0. The summed E-state index contributed by atoms with van der Waals surface area (Å²) in [6.07, 6.45) is 0. The van der Waals surface area contributed by atoms with Gasteiger partial charge in [-0.05, 0) is 31.0 Å². The number of rotatable bonds is 2. The average molecular weight is 202 g/mol. The van der Waals surface area contributed by atoms with Gasteiger partial charge in [-0.2, -0.15) is 0 Å². The minimum atomic E-state index is 0.553. The maximum Gasteiger partial charge on any atom is 0.141 e. The molecule has 0 unspecified atom stereocenters. The van der Waals surface area contributed by atoms with Crippen LogP contribution in [0.3, 0.4) is 0 Å². The molecular weight excluding hydrogens is 188 g/mol. The molecule has 15 heavy (non-hydrogen) atoms. The molecule has 3 heteroatoms. The van der Waals surface area contributed by atoms with Crippen LogP contribution < -0.4 is 5.73 Å². The standard InChI is InChI=1S/C12H14N2O/c1-8-12(9(2)15-14-8)11-5-3-4-10(6-11)7-13/h3-6H,7,13H2,1-2H3. The summed E-state index contributed by atoms with van der Waals surface area (Å²) in [4.78, 5) is 0. The summed E-state index contributed by atoms with van der Waals surface area (Å²) in [7, 11) is 0. The zero-order valence-electron chi connectivity index (χ0n) is 8.95. The SMILES string of the molecule is Cc1noc(C)c1-c1cccc(CN)c1. The van der Waals surface area contributed by atoms with Gasteiger partial charge in [0.1, 0.15) is 5.76 Å². The lowest BCUT2D eigenvalue weighted by Crippen LogP contribution is -1.96. The molecule has 78 valence electrons. The van der Waals surface area contributed by atoms with Crippen molar-refractivity contribution < 1.29 is 4.52 Å². The molecule has 0 aliphatic heterocycles. The zero-order chi connectivity index (χ0) is 10.8. The fourth-order valence-electron chi connectivity index (χ4n) is 1.75. The first-order valence-electron chi connectivity index (χ1n) is 4.94. The Morgan fingerprint density at radius 2 is 2.13 bits per heavy atom. The van der Waals surface area contributed by atoms with Crippen LogP contribution in [0.4, 0.5) is 0 Å². The Labute approximate surface area is 88.9 Å². The van der Waals surface area contributed by atoms with Crippen LogP contribution in [0, 0.1) is 13.8 Å². The van der Waals surface area contributed by atoms with Crippen molar-refractivity contribution in [1.29, 1.82) is 0 Å². The molecule has 0 saturated carbocycles. The van der Waals surface area contributed by atoms with Gasteiger partial charge in [-0.1, -0.05) is 23.4 Å². The smallest absolute Gasteiger partial charge is 0.141 e. The number of benzene rings is 1. The molecule has 0 aliphatic rings. The van der Waals surface area contributed by atoms with E-state index in [1.165, 1.54) is 0 Å². The topological polar surface area (TPSA) is 52.0 Å². The second kappa shape index (κ2) is 3.87. The van der Waals surface area contributed by atoms with Crippen LogP contribution in [0.1, 0.15) is 17.0 Å². The summed E-state index contributed by atoms with van der Waals surface area (Å²) in [5, 5.41) is 3.94. The summed E-state index contributed by atoms with van der Waals surface area (Å²) in [5.41, 5.74) is 9.84. The zero-order valence-corrected chi connectivity index (χ0v) is 8.95. The number of hydrogen-bond acceptors (Lipinski definition) is 3. The molecule has 2 N–H and O–H groups in total. The van der Waals surface area contributed by atoms with E-state index in [-0.39, 0.29) is 0 Å². The van der Waals surface area contributed by atoms with Gasteiger partial charge in [-0.25, -0.2) is 0 Å². The van der Waals surface area contributed by atoms with Gasteiger partial charge >= 0.3 is 0 Å². The van der Waals surface area contributed by atoms with Gasteiger partial charge in [0, 0.05) is 12.1 Å². The number of hydrogen-bond donors (Lipinski definition) is 1. The van der Waals surface area contributed by atoms with Gasteiger partial charge in [-0.3, -0.25) is 0 Å². The molecule has 0 bridgehead atoms. The first kappa shape index (κ1) is 9.93. The summed E-state index contributed by atoms with van der Waals surface area (Å²) >= 11 is 0. The van der Waals surface area contributed by atoms with E-state index in [4.69, 9.17) is 10.3 Å². The van der Waals surface area contributed by atoms with Crippen LogP contribution in [-0.4, -0.2) is 5.16 Å². The van der Waals surface area contributed by atoms with Gasteiger partial charge < -0.3 is 10.3 Å². The van der Waals surface area contributed by atoms with Crippen LogP contribution >= 0.6 is 0 Å². The number of aromatic nitrogens is 1. The fraction of sp³-hybridized carbons (Fsp3) is 0.250. The van der Waals surface area contributed by atoms with Crippen molar-refractivity contribution in [3.8, 4) is 11.1 Å². The normalized spacial score (nSPS) is 10.6. The van der Waals surface area contributed by atoms with E-state index in [9.17, 15) is 0 Å². The average Bonchev–Trinajstić information content (AvgIpc) is 2.59. The highest BCUT2D eigenvalue weighted by Crippen LogP contribution is 2.27. The molecule has 0 spiro atoms. The predicted octanol–water partition coefficient (Wildman–Crippen LogP) is 2.42. The molecule has 0 radical (unpaired) electrons. The van der Waals surface area contributed by atoms with Gasteiger partial charge in [0.25, 0.3) is 0 Å². The van der Waals surface area contributed by atoms with E-state index in [1.54, 1.807) is 0 Å². The maximum absolute atomic E-state index is 5.61. The largest absolute Gasteiger partial charge is 0.361 e. The van der Waals surface area contributed by atoms with Gasteiger partial charge in [-0.15, -0.1) is 0 Å². The monoisotopic (exact) mass is 202 g/mol. The van der Waals surface area contributed by atoms with Crippen molar-refractivity contribution in [2.75, 3.05) is 0 Å². The quantitative estimate of drug-likeness (QED) is 0.813. The van der Waals surface area contributed by atoms with E-state index in [0.717, 1.165) is 28.1 Å². The van der Waals surface area contributed by atoms with Crippen molar-refractivity contribution in [2.45, 2.75) is 20.4 Å². The van der Waals surface area contributed by atoms with Gasteiger partial charge in [0.15, 0.2) is 0 Å². The van der Waals surface area contributed by atoms with E-state index in [2.05, 4.69) is 11.2 Å². The predicted molar refractivity (Wildman–Crippen MR) is 59.3 cm³/mol. The molecular formula is C12H14N2O. The molecule has 0 fully saturated rings. The highest BCUT2D eigenvalue weighted by molar-refractivity contribution is 5.68. The fourth-order valence-corrected chi connectivity index (χ4v) is 1.75. The molecule has 3 nitrogen and oxygen atoms in total. The second-order valence-electron chi connectivity index (χ2n) is 3.60. The summed E-state index contributed by atoms with van der Waals surface area (Å²) in [6.45, 7) is 4.42. The molecule has 0 aliphatic carbocycles. The van der Waals surface area contributed by atoms with Crippen molar-refractivity contribution in [1.82, 2.24) is 5.16 Å². The van der Waals surface area contributed by atoms with Crippen LogP contribution in [-0.2, 0) is 6.54 Å². The summed E-state index contributed by atoms with van der Waals surface area (Å²) in [5.74, 6) is 0.849. The number of aryl methyl sites for hydroxylation is 2. The summed E-state index contributed by atoms with van der Waals surface area (Å²) in [6, 6.07) is 8.14. The molecule has 2 aromatic rings. The van der Waals surface area contributed by atoms with Crippen molar-refractivity contribution in [2.24, 2.45) is 5.73 Å². The first-order chi connectivity index (χ1) is 7.22. The Kier molecular flexibility index (Phi) is 2.56. The first-order valence-corrected chi connectivity index (χ1v) is 4.94. The molecule has 1 aromatic heterocycles. The summed E-state index contributed by atoms with van der Waals surface area (Å²) < 4.78 is 5.14. The van der Waals surface area contributed by atoms with Gasteiger partial charge in [0.2, 0.25) is 0 Å². The van der Waals surface area contributed by atoms with E-state index in [0.29, 0.717) is 6.54 Å². The van der Waals surface area contributed by atoms with Crippen molar-refractivity contribution in [3.63, 3.8) is 0 Å². The Hall–Kier alpha value is -1.61. The lowest BCUT2D eigenvalue weighted by Gasteiger charge is -2.02. The third-order valence-corrected chi connectivity index (χ3v) is 2.48. The molecule has 2 rings (SSSR count). The lowest BCUT2D eigenvalue weighted by molar-refractivity contribution is 0.393. The molecule has 0 amide bonds. The molecule has 0 saturated heterocycles. The Morgan fingerprint density at radius 3 is 2.73 bits per heavy atom. The Bertz CT molecular complexity index is 455. The van der Waals surface area contributed by atoms with Gasteiger partial charge in [0.05, 0.1) is 5.69 Å². The second-order valence-corrected chi connectivity index (χ2v) is 3.60. The van der Waals surface area contributed by atoms with Crippen LogP contribution in [0.15, 0.2) is 28.8 Å². The van der Waals surface area contributed by atoms with Crippen LogP contribution in [0.25, 0.3) is 11.1 Å².